The summed E-state index contributed by atoms with van der Waals surface area (Å²) in [5.74, 6) is -1.19. The summed E-state index contributed by atoms with van der Waals surface area (Å²) in [6.07, 6.45) is 5.93. The Bertz CT molecular complexity index is 781. The van der Waals surface area contributed by atoms with Crippen LogP contribution in [0.4, 0.5) is 8.78 Å². The molecule has 1 atom stereocenters. The van der Waals surface area contributed by atoms with Gasteiger partial charge in [0, 0.05) is 31.1 Å². The van der Waals surface area contributed by atoms with Gasteiger partial charge in [0.1, 0.15) is 0 Å². The van der Waals surface area contributed by atoms with Gasteiger partial charge in [-0.2, -0.15) is 5.10 Å². The third kappa shape index (κ3) is 3.17. The average Bonchev–Trinajstić information content (AvgIpc) is 3.11. The summed E-state index contributed by atoms with van der Waals surface area (Å²) in [5, 5.41) is 7.06. The molecule has 1 aromatic carbocycles. The number of H-pyrrole nitrogens is 1. The molecule has 4 rings (SSSR count). The molecular formula is C19H21F2N3O. The van der Waals surface area contributed by atoms with Crippen molar-refractivity contribution in [1.82, 2.24) is 15.1 Å². The fraction of sp³-hybridized carbons (Fsp3) is 0.474. The highest BCUT2D eigenvalue weighted by Crippen LogP contribution is 2.31. The minimum absolute atomic E-state index is 0.0211. The first-order valence-electron chi connectivity index (χ1n) is 8.86. The minimum Gasteiger partial charge on any atom is -0.342 e. The van der Waals surface area contributed by atoms with Crippen molar-refractivity contribution >= 4 is 5.91 Å². The number of halogens is 2. The lowest BCUT2D eigenvalue weighted by Crippen LogP contribution is -2.42. The van der Waals surface area contributed by atoms with Gasteiger partial charge >= 0.3 is 0 Å². The number of carbonyl (C=O) groups excluding carboxylic acids is 1. The Morgan fingerprint density at radius 3 is 2.72 bits per heavy atom. The van der Waals surface area contributed by atoms with Crippen LogP contribution in [0.15, 0.2) is 24.4 Å². The molecule has 0 radical (unpaired) electrons. The van der Waals surface area contributed by atoms with E-state index in [2.05, 4.69) is 10.2 Å². The normalized spacial score (nSPS) is 21.2. The van der Waals surface area contributed by atoms with Gasteiger partial charge in [-0.3, -0.25) is 9.89 Å². The highest BCUT2D eigenvalue weighted by atomic mass is 19.2. The van der Waals surface area contributed by atoms with E-state index in [9.17, 15) is 13.6 Å². The van der Waals surface area contributed by atoms with Gasteiger partial charge in [0.25, 0.3) is 0 Å². The molecule has 1 fully saturated rings. The molecule has 1 aliphatic carbocycles. The molecule has 1 N–H and O–H groups in total. The predicted octanol–water partition coefficient (Wildman–Crippen LogP) is 3.20. The van der Waals surface area contributed by atoms with Crippen LogP contribution in [-0.2, 0) is 17.6 Å². The van der Waals surface area contributed by atoms with Gasteiger partial charge in [0.2, 0.25) is 5.91 Å². The molecule has 2 aliphatic rings. The number of amides is 1. The number of likely N-dealkylation sites (tertiary alicyclic amines) is 1. The first-order valence-corrected chi connectivity index (χ1v) is 8.86. The molecule has 1 aliphatic heterocycles. The zero-order valence-electron chi connectivity index (χ0n) is 14.0. The molecule has 1 amide bonds. The smallest absolute Gasteiger partial charge is 0.226 e. The van der Waals surface area contributed by atoms with E-state index in [0.717, 1.165) is 43.4 Å². The van der Waals surface area contributed by atoms with Crippen LogP contribution in [-0.4, -0.2) is 34.1 Å². The SMILES string of the molecule is O=C(C1CCc2cn[nH]c2C1)N1CCC(c2ccc(F)c(F)c2)CC1. The summed E-state index contributed by atoms with van der Waals surface area (Å²) in [4.78, 5) is 14.7. The van der Waals surface area contributed by atoms with Gasteiger partial charge in [0.15, 0.2) is 11.6 Å². The summed E-state index contributed by atoms with van der Waals surface area (Å²) in [6.45, 7) is 1.35. The highest BCUT2D eigenvalue weighted by molar-refractivity contribution is 5.79. The van der Waals surface area contributed by atoms with E-state index in [1.807, 2.05) is 11.1 Å². The van der Waals surface area contributed by atoms with E-state index >= 15 is 0 Å². The quantitative estimate of drug-likeness (QED) is 0.909. The molecule has 2 heterocycles. The molecule has 1 unspecified atom stereocenters. The van der Waals surface area contributed by atoms with Crippen molar-refractivity contribution in [2.45, 2.75) is 38.0 Å². The summed E-state index contributed by atoms with van der Waals surface area (Å²) in [6, 6.07) is 4.13. The molecule has 132 valence electrons. The average molecular weight is 345 g/mol. The monoisotopic (exact) mass is 345 g/mol. The van der Waals surface area contributed by atoms with Crippen LogP contribution in [0, 0.1) is 17.6 Å². The standard InChI is InChI=1S/C19H21F2N3O/c20-16-4-3-13(9-17(16)21)12-5-7-24(8-6-12)19(25)14-1-2-15-11-22-23-18(15)10-14/h3-4,9,11-12,14H,1-2,5-8,10H2,(H,22,23). The van der Waals surface area contributed by atoms with Gasteiger partial charge in [0.05, 0.1) is 6.20 Å². The van der Waals surface area contributed by atoms with Crippen molar-refractivity contribution in [3.63, 3.8) is 0 Å². The second kappa shape index (κ2) is 6.58. The number of aromatic amines is 1. The van der Waals surface area contributed by atoms with Crippen LogP contribution in [0.1, 0.15) is 42.0 Å². The number of benzene rings is 1. The molecule has 4 nitrogen and oxygen atoms in total. The van der Waals surface area contributed by atoms with E-state index in [-0.39, 0.29) is 17.7 Å². The third-order valence-electron chi connectivity index (χ3n) is 5.59. The molecule has 1 saturated heterocycles. The molecule has 2 aromatic rings. The summed E-state index contributed by atoms with van der Waals surface area (Å²) >= 11 is 0. The Balaban J connectivity index is 1.37. The van der Waals surface area contributed by atoms with Crippen LogP contribution in [0.3, 0.4) is 0 Å². The maximum atomic E-state index is 13.4. The second-order valence-electron chi connectivity index (χ2n) is 7.09. The van der Waals surface area contributed by atoms with Crippen molar-refractivity contribution in [3.8, 4) is 0 Å². The summed E-state index contributed by atoms with van der Waals surface area (Å²) in [7, 11) is 0. The maximum absolute atomic E-state index is 13.4. The lowest BCUT2D eigenvalue weighted by atomic mass is 9.85. The van der Waals surface area contributed by atoms with E-state index < -0.39 is 11.6 Å². The topological polar surface area (TPSA) is 49.0 Å². The number of fused-ring (bicyclic) bond motifs is 1. The Hall–Kier alpha value is -2.24. The number of hydrogen-bond acceptors (Lipinski definition) is 2. The molecule has 25 heavy (non-hydrogen) atoms. The number of carbonyl (C=O) groups is 1. The van der Waals surface area contributed by atoms with Gasteiger partial charge in [-0.25, -0.2) is 8.78 Å². The van der Waals surface area contributed by atoms with Crippen LogP contribution >= 0.6 is 0 Å². The van der Waals surface area contributed by atoms with E-state index in [1.165, 1.54) is 17.7 Å². The van der Waals surface area contributed by atoms with Gasteiger partial charge < -0.3 is 4.90 Å². The van der Waals surface area contributed by atoms with Crippen molar-refractivity contribution in [3.05, 3.63) is 52.9 Å². The first kappa shape index (κ1) is 16.2. The number of aryl methyl sites for hydroxylation is 1. The highest BCUT2D eigenvalue weighted by Gasteiger charge is 2.31. The fourth-order valence-electron chi connectivity index (χ4n) is 4.08. The van der Waals surface area contributed by atoms with Crippen molar-refractivity contribution in [2.24, 2.45) is 5.92 Å². The zero-order valence-corrected chi connectivity index (χ0v) is 14.0. The number of rotatable bonds is 2. The predicted molar refractivity (Wildman–Crippen MR) is 89.0 cm³/mol. The van der Waals surface area contributed by atoms with Crippen LogP contribution < -0.4 is 0 Å². The number of nitrogens with zero attached hydrogens (tertiary/aromatic N) is 2. The Morgan fingerprint density at radius 1 is 1.16 bits per heavy atom. The molecule has 0 spiro atoms. The summed E-state index contributed by atoms with van der Waals surface area (Å²) < 4.78 is 26.5. The summed E-state index contributed by atoms with van der Waals surface area (Å²) in [5.41, 5.74) is 3.13. The third-order valence-corrected chi connectivity index (χ3v) is 5.59. The van der Waals surface area contributed by atoms with Gasteiger partial charge in [-0.15, -0.1) is 0 Å². The van der Waals surface area contributed by atoms with Gasteiger partial charge in [-0.1, -0.05) is 6.07 Å². The Kier molecular flexibility index (Phi) is 4.27. The second-order valence-corrected chi connectivity index (χ2v) is 7.09. The number of nitrogens with one attached hydrogen (secondary N) is 1. The minimum atomic E-state index is -0.813. The molecular weight excluding hydrogens is 324 g/mol. The van der Waals surface area contributed by atoms with E-state index in [1.54, 1.807) is 6.07 Å². The largest absolute Gasteiger partial charge is 0.342 e. The number of aromatic nitrogens is 2. The number of piperidine rings is 1. The lowest BCUT2D eigenvalue weighted by molar-refractivity contribution is -0.137. The van der Waals surface area contributed by atoms with Crippen molar-refractivity contribution in [2.75, 3.05) is 13.1 Å². The van der Waals surface area contributed by atoms with Gasteiger partial charge in [-0.05, 0) is 54.9 Å². The van der Waals surface area contributed by atoms with E-state index in [0.29, 0.717) is 13.1 Å². The van der Waals surface area contributed by atoms with Crippen LogP contribution in [0.2, 0.25) is 0 Å². The fourth-order valence-corrected chi connectivity index (χ4v) is 4.08. The van der Waals surface area contributed by atoms with Crippen LogP contribution in [0.25, 0.3) is 0 Å². The van der Waals surface area contributed by atoms with Crippen LogP contribution in [0.5, 0.6) is 0 Å². The molecule has 6 heteroatoms. The molecule has 0 saturated carbocycles. The Morgan fingerprint density at radius 2 is 1.96 bits per heavy atom. The zero-order chi connectivity index (χ0) is 17.4. The first-order chi connectivity index (χ1) is 12.1. The maximum Gasteiger partial charge on any atom is 0.226 e. The molecule has 1 aromatic heterocycles. The lowest BCUT2D eigenvalue weighted by Gasteiger charge is -2.35. The number of hydrogen-bond donors (Lipinski definition) is 1. The molecule has 0 bridgehead atoms. The van der Waals surface area contributed by atoms with Crippen molar-refractivity contribution < 1.29 is 13.6 Å². The van der Waals surface area contributed by atoms with Crippen molar-refractivity contribution in [1.29, 1.82) is 0 Å². The van der Waals surface area contributed by atoms with E-state index in [4.69, 9.17) is 0 Å². The Labute approximate surface area is 145 Å².